The number of benzene rings is 1. The van der Waals surface area contributed by atoms with Crippen molar-refractivity contribution in [1.82, 2.24) is 10.6 Å². The Morgan fingerprint density at radius 3 is 2.65 bits per heavy atom. The van der Waals surface area contributed by atoms with E-state index >= 15 is 0 Å². The molecule has 23 heavy (non-hydrogen) atoms. The number of nitrogens with one attached hydrogen (secondary N) is 2. The first kappa shape index (κ1) is 15.9. The van der Waals surface area contributed by atoms with Gasteiger partial charge in [-0.1, -0.05) is 29.8 Å². The molecule has 1 aromatic rings. The van der Waals surface area contributed by atoms with Gasteiger partial charge in [-0.25, -0.2) is 4.79 Å². The van der Waals surface area contributed by atoms with Gasteiger partial charge in [-0.05, 0) is 17.2 Å². The van der Waals surface area contributed by atoms with Crippen molar-refractivity contribution in [3.8, 4) is 0 Å². The Hall–Kier alpha value is -1.99. The summed E-state index contributed by atoms with van der Waals surface area (Å²) >= 11 is 0. The molecular formula is C16H18N2O4S. The number of allylic oxidation sites excluding steroid dienone is 1. The predicted molar refractivity (Wildman–Crippen MR) is 86.2 cm³/mol. The van der Waals surface area contributed by atoms with Crippen LogP contribution >= 0.6 is 0 Å². The van der Waals surface area contributed by atoms with E-state index in [0.29, 0.717) is 12.8 Å². The Morgan fingerprint density at radius 1 is 1.22 bits per heavy atom. The van der Waals surface area contributed by atoms with Gasteiger partial charge in [-0.2, -0.15) is 0 Å². The molecule has 3 rings (SSSR count). The Balaban J connectivity index is 1.76. The highest BCUT2D eigenvalue weighted by molar-refractivity contribution is 7.97. The lowest BCUT2D eigenvalue weighted by atomic mass is 9.98. The molecule has 2 heterocycles. The third kappa shape index (κ3) is 4.05. The van der Waals surface area contributed by atoms with Crippen molar-refractivity contribution >= 4 is 28.2 Å². The van der Waals surface area contributed by atoms with Crippen molar-refractivity contribution in [3.05, 3.63) is 41.0 Å². The fourth-order valence-corrected chi connectivity index (χ4v) is 4.21. The van der Waals surface area contributed by atoms with Crippen LogP contribution < -0.4 is 10.6 Å². The topological polar surface area (TPSA) is 98.3 Å². The Kier molecular flexibility index (Phi) is 4.32. The second kappa shape index (κ2) is 6.25. The number of sulfone groups is 1. The molecule has 7 heteroatoms. The van der Waals surface area contributed by atoms with Crippen LogP contribution in [0.3, 0.4) is 0 Å². The summed E-state index contributed by atoms with van der Waals surface area (Å²) < 4.78 is 22.9. The molecule has 2 aliphatic heterocycles. The number of rotatable bonds is 2. The maximum absolute atomic E-state index is 11.5. The Morgan fingerprint density at radius 2 is 1.96 bits per heavy atom. The lowest BCUT2D eigenvalue weighted by molar-refractivity contribution is -0.121. The number of urea groups is 1. The first-order valence-corrected chi connectivity index (χ1v) is 9.34. The van der Waals surface area contributed by atoms with Crippen molar-refractivity contribution in [3.63, 3.8) is 0 Å². The molecule has 0 spiro atoms. The van der Waals surface area contributed by atoms with Crippen LogP contribution in [0.1, 0.15) is 36.4 Å². The van der Waals surface area contributed by atoms with Crippen molar-refractivity contribution in [2.45, 2.75) is 25.3 Å². The lowest BCUT2D eigenvalue weighted by Crippen LogP contribution is -2.48. The Labute approximate surface area is 135 Å². The number of hydrogen-bond acceptors (Lipinski definition) is 4. The minimum atomic E-state index is -2.88. The molecule has 0 radical (unpaired) electrons. The molecule has 0 aliphatic carbocycles. The SMILES string of the molecule is O=C1CC(c2cccc(C=C3CC[S+](=O)([O-])CC3)c2)NC(=O)N1. The summed E-state index contributed by atoms with van der Waals surface area (Å²) in [5, 5.41) is 4.94. The molecule has 122 valence electrons. The van der Waals surface area contributed by atoms with Crippen LogP contribution in [0.25, 0.3) is 6.08 Å². The van der Waals surface area contributed by atoms with Crippen LogP contribution in [0.5, 0.6) is 0 Å². The fourth-order valence-electron chi connectivity index (χ4n) is 2.86. The van der Waals surface area contributed by atoms with E-state index in [1.807, 2.05) is 30.3 Å². The number of amides is 3. The third-order valence-electron chi connectivity index (χ3n) is 4.10. The van der Waals surface area contributed by atoms with Crippen LogP contribution in [-0.2, 0) is 19.2 Å². The zero-order valence-electron chi connectivity index (χ0n) is 12.5. The fraction of sp³-hybridized carbons (Fsp3) is 0.375. The smallest absolute Gasteiger partial charge is 0.321 e. The molecule has 0 aromatic heterocycles. The van der Waals surface area contributed by atoms with Crippen molar-refractivity contribution < 1.29 is 18.4 Å². The standard InChI is InChI=1S/C16H18N2O4S/c19-15-10-14(17-16(20)18-15)13-3-1-2-12(9-13)8-11-4-6-23(21,22)7-5-11/h1-3,8-9,14H,4-7,10H2,(H2-,17,18,19,20,21,22). The van der Waals surface area contributed by atoms with Gasteiger partial charge in [-0.3, -0.25) is 10.1 Å². The first-order valence-electron chi connectivity index (χ1n) is 7.51. The molecule has 1 atom stereocenters. The quantitative estimate of drug-likeness (QED) is 0.805. The second-order valence-electron chi connectivity index (χ2n) is 5.90. The van der Waals surface area contributed by atoms with Crippen molar-refractivity contribution in [2.75, 3.05) is 11.5 Å². The lowest BCUT2D eigenvalue weighted by Gasteiger charge is -2.24. The van der Waals surface area contributed by atoms with E-state index in [1.165, 1.54) is 0 Å². The van der Waals surface area contributed by atoms with Gasteiger partial charge in [0.25, 0.3) is 0 Å². The number of carbonyl (C=O) groups is 2. The zero-order valence-corrected chi connectivity index (χ0v) is 13.4. The van der Waals surface area contributed by atoms with E-state index in [2.05, 4.69) is 10.6 Å². The van der Waals surface area contributed by atoms with E-state index < -0.39 is 16.2 Å². The van der Waals surface area contributed by atoms with Crippen LogP contribution in [0.15, 0.2) is 29.8 Å². The Bertz CT molecular complexity index is 699. The summed E-state index contributed by atoms with van der Waals surface area (Å²) in [4.78, 5) is 22.9. The molecule has 2 N–H and O–H groups in total. The number of imide groups is 1. The molecule has 0 bridgehead atoms. The zero-order chi connectivity index (χ0) is 16.4. The van der Waals surface area contributed by atoms with E-state index in [9.17, 15) is 18.4 Å². The number of hydrogen-bond donors (Lipinski definition) is 2. The van der Waals surface area contributed by atoms with Gasteiger partial charge in [0, 0.05) is 23.1 Å². The van der Waals surface area contributed by atoms with Crippen LogP contribution in [-0.4, -0.2) is 28.0 Å². The summed E-state index contributed by atoms with van der Waals surface area (Å²) in [6.45, 7) is 0. The molecule has 6 nitrogen and oxygen atoms in total. The molecule has 3 amide bonds. The molecule has 2 saturated heterocycles. The highest BCUT2D eigenvalue weighted by Gasteiger charge is 2.25. The first-order chi connectivity index (χ1) is 10.9. The van der Waals surface area contributed by atoms with Crippen molar-refractivity contribution in [2.24, 2.45) is 0 Å². The molecule has 1 unspecified atom stereocenters. The van der Waals surface area contributed by atoms with E-state index in [4.69, 9.17) is 0 Å². The molecule has 1 aromatic carbocycles. The summed E-state index contributed by atoms with van der Waals surface area (Å²) in [6, 6.07) is 6.80. The molecule has 2 aliphatic rings. The minimum absolute atomic E-state index is 0.206. The van der Waals surface area contributed by atoms with E-state index in [1.54, 1.807) is 0 Å². The summed E-state index contributed by atoms with van der Waals surface area (Å²) in [6.07, 6.45) is 3.34. The van der Waals surface area contributed by atoms with Crippen LogP contribution in [0.4, 0.5) is 4.79 Å². The normalized spacial score (nSPS) is 28.0. The van der Waals surface area contributed by atoms with Gasteiger partial charge in [0.15, 0.2) is 0 Å². The van der Waals surface area contributed by atoms with Crippen LogP contribution in [0.2, 0.25) is 0 Å². The monoisotopic (exact) mass is 334 g/mol. The average molecular weight is 334 g/mol. The summed E-state index contributed by atoms with van der Waals surface area (Å²) in [5.41, 5.74) is 2.94. The number of carbonyl (C=O) groups excluding carboxylic acids is 2. The van der Waals surface area contributed by atoms with Crippen LogP contribution in [0, 0.1) is 0 Å². The largest absolute Gasteiger partial charge is 0.615 e. The van der Waals surface area contributed by atoms with E-state index in [0.717, 1.165) is 16.7 Å². The van der Waals surface area contributed by atoms with Gasteiger partial charge in [-0.15, -0.1) is 4.21 Å². The summed E-state index contributed by atoms with van der Waals surface area (Å²) in [7, 11) is -2.88. The highest BCUT2D eigenvalue weighted by atomic mass is 32.3. The predicted octanol–water partition coefficient (Wildman–Crippen LogP) is 1.76. The maximum atomic E-state index is 11.5. The highest BCUT2D eigenvalue weighted by Crippen LogP contribution is 2.25. The van der Waals surface area contributed by atoms with E-state index in [-0.39, 0.29) is 29.9 Å². The molecular weight excluding hydrogens is 316 g/mol. The van der Waals surface area contributed by atoms with Crippen molar-refractivity contribution in [1.29, 1.82) is 0 Å². The van der Waals surface area contributed by atoms with Gasteiger partial charge in [0.2, 0.25) is 5.91 Å². The third-order valence-corrected chi connectivity index (χ3v) is 5.75. The second-order valence-corrected chi connectivity index (χ2v) is 8.21. The van der Waals surface area contributed by atoms with Gasteiger partial charge >= 0.3 is 6.03 Å². The maximum Gasteiger partial charge on any atom is 0.321 e. The molecule has 2 fully saturated rings. The van der Waals surface area contributed by atoms with Gasteiger partial charge < -0.3 is 9.87 Å². The van der Waals surface area contributed by atoms with Gasteiger partial charge in [0.05, 0.1) is 12.5 Å². The molecule has 0 saturated carbocycles. The van der Waals surface area contributed by atoms with Gasteiger partial charge in [0.1, 0.15) is 11.5 Å². The average Bonchev–Trinajstić information content (AvgIpc) is 2.49. The summed E-state index contributed by atoms with van der Waals surface area (Å²) in [5.74, 6) is 0.120. The minimum Gasteiger partial charge on any atom is -0.615 e.